The maximum Gasteiger partial charge on any atom is 0.290 e. The molecule has 4 rings (SSSR count). The van der Waals surface area contributed by atoms with E-state index in [4.69, 9.17) is 8.94 Å². The van der Waals surface area contributed by atoms with E-state index in [9.17, 15) is 14.3 Å². The lowest BCUT2D eigenvalue weighted by molar-refractivity contribution is 0.0864. The maximum atomic E-state index is 13.0. The number of benzene rings is 1. The summed E-state index contributed by atoms with van der Waals surface area (Å²) in [5.41, 5.74) is 1.12. The number of halogens is 1. The summed E-state index contributed by atoms with van der Waals surface area (Å²) in [4.78, 5) is 12.3. The molecule has 1 fully saturated rings. The molecule has 0 spiro atoms. The van der Waals surface area contributed by atoms with Crippen LogP contribution in [0, 0.1) is 5.82 Å². The van der Waals surface area contributed by atoms with E-state index < -0.39 is 6.10 Å². The summed E-state index contributed by atoms with van der Waals surface area (Å²) in [6, 6.07) is 7.25. The Morgan fingerprint density at radius 3 is 2.70 bits per heavy atom. The smallest absolute Gasteiger partial charge is 0.290 e. The number of carbonyl (C=O) groups excluding carboxylic acids is 1. The third-order valence-electron chi connectivity index (χ3n) is 4.51. The van der Waals surface area contributed by atoms with Crippen LogP contribution in [-0.2, 0) is 0 Å². The first-order valence-electron chi connectivity index (χ1n) is 8.54. The molecule has 0 aliphatic heterocycles. The fourth-order valence-electron chi connectivity index (χ4n) is 2.91. The van der Waals surface area contributed by atoms with Gasteiger partial charge in [-0.05, 0) is 44.0 Å². The fourth-order valence-corrected chi connectivity index (χ4v) is 2.91. The average Bonchev–Trinajstić information content (AvgIpc) is 3.28. The van der Waals surface area contributed by atoms with E-state index in [1.807, 2.05) is 0 Å². The van der Waals surface area contributed by atoms with Gasteiger partial charge in [-0.25, -0.2) is 4.39 Å². The predicted molar refractivity (Wildman–Crippen MR) is 90.1 cm³/mol. The summed E-state index contributed by atoms with van der Waals surface area (Å²) in [5.74, 6) is 0.0879. The van der Waals surface area contributed by atoms with Crippen LogP contribution in [0.1, 0.15) is 54.1 Å². The standard InChI is InChI=1S/C18H17FN4O4/c1-9(24)17-21-22-18(26-17)11-6-13(7-11)20-16(25)15-8-14(23-27-15)10-2-4-12(19)5-3-10/h2-5,8-9,11,13,24H,6-7H2,1H3,(H,20,25)/t9-,11?,13?/m1/s1. The summed E-state index contributed by atoms with van der Waals surface area (Å²) in [5, 5.41) is 23.9. The molecular weight excluding hydrogens is 355 g/mol. The van der Waals surface area contributed by atoms with Crippen molar-refractivity contribution < 1.29 is 23.2 Å². The van der Waals surface area contributed by atoms with Crippen molar-refractivity contribution in [1.29, 1.82) is 0 Å². The zero-order valence-electron chi connectivity index (χ0n) is 14.4. The quantitative estimate of drug-likeness (QED) is 0.707. The molecule has 1 aliphatic rings. The second-order valence-corrected chi connectivity index (χ2v) is 6.58. The Kier molecular flexibility index (Phi) is 4.44. The van der Waals surface area contributed by atoms with Gasteiger partial charge in [0, 0.05) is 23.6 Å². The minimum absolute atomic E-state index is 0.0382. The summed E-state index contributed by atoms with van der Waals surface area (Å²) in [6.07, 6.45) is 0.515. The number of hydrogen-bond donors (Lipinski definition) is 2. The van der Waals surface area contributed by atoms with Crippen molar-refractivity contribution >= 4 is 5.91 Å². The average molecular weight is 372 g/mol. The Balaban J connectivity index is 1.33. The molecule has 8 nitrogen and oxygen atoms in total. The normalized spacial score (nSPS) is 20.1. The van der Waals surface area contributed by atoms with Crippen LogP contribution >= 0.6 is 0 Å². The highest BCUT2D eigenvalue weighted by atomic mass is 19.1. The Bertz CT molecular complexity index is 944. The van der Waals surface area contributed by atoms with Crippen molar-refractivity contribution in [2.45, 2.75) is 37.8 Å². The molecule has 1 atom stereocenters. The number of hydrogen-bond acceptors (Lipinski definition) is 7. The van der Waals surface area contributed by atoms with Gasteiger partial charge in [-0.1, -0.05) is 5.16 Å². The van der Waals surface area contributed by atoms with Gasteiger partial charge in [0.1, 0.15) is 17.6 Å². The lowest BCUT2D eigenvalue weighted by Gasteiger charge is -2.33. The Hall–Kier alpha value is -3.07. The number of aromatic nitrogens is 3. The van der Waals surface area contributed by atoms with E-state index in [-0.39, 0.29) is 35.3 Å². The van der Waals surface area contributed by atoms with E-state index in [1.54, 1.807) is 19.1 Å². The third kappa shape index (κ3) is 3.59. The molecule has 0 bridgehead atoms. The first-order valence-corrected chi connectivity index (χ1v) is 8.54. The number of carbonyl (C=O) groups is 1. The summed E-state index contributed by atoms with van der Waals surface area (Å²) < 4.78 is 23.5. The topological polar surface area (TPSA) is 114 Å². The van der Waals surface area contributed by atoms with Gasteiger partial charge < -0.3 is 19.4 Å². The van der Waals surface area contributed by atoms with E-state index in [1.165, 1.54) is 18.2 Å². The van der Waals surface area contributed by atoms with Crippen LogP contribution in [-0.4, -0.2) is 32.4 Å². The molecule has 2 aromatic heterocycles. The van der Waals surface area contributed by atoms with E-state index in [0.717, 1.165) is 0 Å². The molecular formula is C18H17FN4O4. The van der Waals surface area contributed by atoms with Crippen molar-refractivity contribution in [1.82, 2.24) is 20.7 Å². The molecule has 1 aliphatic carbocycles. The van der Waals surface area contributed by atoms with E-state index in [0.29, 0.717) is 30.0 Å². The first-order chi connectivity index (χ1) is 13.0. The summed E-state index contributed by atoms with van der Waals surface area (Å²) in [7, 11) is 0. The maximum absolute atomic E-state index is 13.0. The molecule has 2 heterocycles. The first kappa shape index (κ1) is 17.3. The molecule has 9 heteroatoms. The zero-order valence-corrected chi connectivity index (χ0v) is 14.4. The largest absolute Gasteiger partial charge is 0.422 e. The monoisotopic (exact) mass is 372 g/mol. The van der Waals surface area contributed by atoms with Crippen LogP contribution in [0.25, 0.3) is 11.3 Å². The van der Waals surface area contributed by atoms with Gasteiger partial charge in [0.25, 0.3) is 5.91 Å². The molecule has 0 unspecified atom stereocenters. The Morgan fingerprint density at radius 2 is 2.04 bits per heavy atom. The number of nitrogens with one attached hydrogen (secondary N) is 1. The van der Waals surface area contributed by atoms with Gasteiger partial charge in [-0.15, -0.1) is 10.2 Å². The highest BCUT2D eigenvalue weighted by Gasteiger charge is 2.36. The van der Waals surface area contributed by atoms with Crippen LogP contribution < -0.4 is 5.32 Å². The zero-order chi connectivity index (χ0) is 19.0. The molecule has 0 saturated heterocycles. The third-order valence-corrected chi connectivity index (χ3v) is 4.51. The molecule has 3 aromatic rings. The molecule has 2 N–H and O–H groups in total. The van der Waals surface area contributed by atoms with Crippen molar-refractivity contribution in [3.63, 3.8) is 0 Å². The number of aliphatic hydroxyl groups excluding tert-OH is 1. The van der Waals surface area contributed by atoms with E-state index in [2.05, 4.69) is 20.7 Å². The minimum Gasteiger partial charge on any atom is -0.422 e. The number of amides is 1. The molecule has 1 aromatic carbocycles. The lowest BCUT2D eigenvalue weighted by Crippen LogP contribution is -2.43. The second kappa shape index (κ2) is 6.92. The molecule has 1 amide bonds. The molecule has 1 saturated carbocycles. The molecule has 0 radical (unpaired) electrons. The van der Waals surface area contributed by atoms with Gasteiger partial charge in [0.15, 0.2) is 0 Å². The van der Waals surface area contributed by atoms with Crippen LogP contribution in [0.4, 0.5) is 4.39 Å². The van der Waals surface area contributed by atoms with E-state index >= 15 is 0 Å². The Labute approximate surface area is 153 Å². The molecule has 27 heavy (non-hydrogen) atoms. The SMILES string of the molecule is C[C@@H](O)c1nnc(C2CC(NC(=O)c3cc(-c4ccc(F)cc4)no3)C2)o1. The van der Waals surface area contributed by atoms with Gasteiger partial charge in [0.05, 0.1) is 0 Å². The predicted octanol–water partition coefficient (Wildman–Crippen LogP) is 2.59. The van der Waals surface area contributed by atoms with Crippen LogP contribution in [0.2, 0.25) is 0 Å². The fraction of sp³-hybridized carbons (Fsp3) is 0.333. The summed E-state index contributed by atoms with van der Waals surface area (Å²) in [6.45, 7) is 1.55. The van der Waals surface area contributed by atoms with Crippen LogP contribution in [0.3, 0.4) is 0 Å². The van der Waals surface area contributed by atoms with Crippen molar-refractivity contribution in [2.75, 3.05) is 0 Å². The second-order valence-electron chi connectivity index (χ2n) is 6.58. The number of nitrogens with zero attached hydrogens (tertiary/aromatic N) is 3. The van der Waals surface area contributed by atoms with Crippen molar-refractivity contribution in [3.05, 3.63) is 53.7 Å². The highest BCUT2D eigenvalue weighted by Crippen LogP contribution is 2.36. The van der Waals surface area contributed by atoms with Gasteiger partial charge in [-0.2, -0.15) is 0 Å². The van der Waals surface area contributed by atoms with Crippen molar-refractivity contribution in [2.24, 2.45) is 0 Å². The Morgan fingerprint density at radius 1 is 1.30 bits per heavy atom. The van der Waals surface area contributed by atoms with Crippen molar-refractivity contribution in [3.8, 4) is 11.3 Å². The highest BCUT2D eigenvalue weighted by molar-refractivity contribution is 5.92. The van der Waals surface area contributed by atoms with Gasteiger partial charge in [-0.3, -0.25) is 4.79 Å². The number of aliphatic hydroxyl groups is 1. The lowest BCUT2D eigenvalue weighted by atomic mass is 9.80. The molecule has 140 valence electrons. The van der Waals surface area contributed by atoms with Crippen LogP contribution in [0.15, 0.2) is 39.3 Å². The minimum atomic E-state index is -0.802. The van der Waals surface area contributed by atoms with Gasteiger partial charge >= 0.3 is 0 Å². The van der Waals surface area contributed by atoms with Gasteiger partial charge in [0.2, 0.25) is 17.5 Å². The summed E-state index contributed by atoms with van der Waals surface area (Å²) >= 11 is 0. The van der Waals surface area contributed by atoms with Crippen LogP contribution in [0.5, 0.6) is 0 Å². The number of rotatable bonds is 5.